The summed E-state index contributed by atoms with van der Waals surface area (Å²) in [5.41, 5.74) is 2.80. The van der Waals surface area contributed by atoms with Gasteiger partial charge in [-0.3, -0.25) is 0 Å². The molecular weight excluding hydrogens is 224 g/mol. The molecule has 1 atom stereocenters. The first-order chi connectivity index (χ1) is 8.77. The van der Waals surface area contributed by atoms with Crippen LogP contribution in [0.15, 0.2) is 24.3 Å². The van der Waals surface area contributed by atoms with Crippen LogP contribution in [0.5, 0.6) is 0 Å². The van der Waals surface area contributed by atoms with E-state index in [1.54, 1.807) is 0 Å². The Bertz CT molecular complexity index is 365. The van der Waals surface area contributed by atoms with Crippen molar-refractivity contribution in [2.75, 3.05) is 26.2 Å². The zero-order chi connectivity index (χ0) is 12.8. The SMILES string of the molecule is CC(C)NCCNCC1OCCc2ccccc21. The molecule has 0 saturated carbocycles. The van der Waals surface area contributed by atoms with Crippen molar-refractivity contribution in [3.8, 4) is 0 Å². The number of hydrogen-bond donors (Lipinski definition) is 2. The van der Waals surface area contributed by atoms with Gasteiger partial charge in [-0.15, -0.1) is 0 Å². The fraction of sp³-hybridized carbons (Fsp3) is 0.600. The summed E-state index contributed by atoms with van der Waals surface area (Å²) in [6.07, 6.45) is 1.26. The smallest absolute Gasteiger partial charge is 0.0952 e. The summed E-state index contributed by atoms with van der Waals surface area (Å²) in [7, 11) is 0. The molecule has 1 aromatic rings. The highest BCUT2D eigenvalue weighted by molar-refractivity contribution is 5.31. The summed E-state index contributed by atoms with van der Waals surface area (Å²) >= 11 is 0. The number of fused-ring (bicyclic) bond motifs is 1. The topological polar surface area (TPSA) is 33.3 Å². The maximum absolute atomic E-state index is 5.85. The highest BCUT2D eigenvalue weighted by Gasteiger charge is 2.19. The molecule has 1 unspecified atom stereocenters. The van der Waals surface area contributed by atoms with Crippen molar-refractivity contribution in [3.63, 3.8) is 0 Å². The summed E-state index contributed by atoms with van der Waals surface area (Å²) in [6.45, 7) is 8.07. The normalized spacial score (nSPS) is 18.9. The molecule has 1 heterocycles. The Balaban J connectivity index is 1.77. The lowest BCUT2D eigenvalue weighted by Crippen LogP contribution is -2.34. The molecule has 0 radical (unpaired) electrons. The second kappa shape index (κ2) is 6.88. The van der Waals surface area contributed by atoms with Gasteiger partial charge in [0.1, 0.15) is 0 Å². The third kappa shape index (κ3) is 3.80. The first-order valence-corrected chi connectivity index (χ1v) is 6.91. The number of benzene rings is 1. The molecule has 1 aromatic carbocycles. The Morgan fingerprint density at radius 3 is 2.94 bits per heavy atom. The minimum atomic E-state index is 0.217. The summed E-state index contributed by atoms with van der Waals surface area (Å²) in [5.74, 6) is 0. The highest BCUT2D eigenvalue weighted by atomic mass is 16.5. The molecule has 3 heteroatoms. The Hall–Kier alpha value is -0.900. The molecule has 3 nitrogen and oxygen atoms in total. The van der Waals surface area contributed by atoms with Crippen molar-refractivity contribution in [1.82, 2.24) is 10.6 Å². The van der Waals surface area contributed by atoms with Crippen LogP contribution in [0.25, 0.3) is 0 Å². The van der Waals surface area contributed by atoms with Gasteiger partial charge in [-0.1, -0.05) is 38.1 Å². The van der Waals surface area contributed by atoms with E-state index in [0.29, 0.717) is 6.04 Å². The van der Waals surface area contributed by atoms with Crippen LogP contribution in [0.4, 0.5) is 0 Å². The first-order valence-electron chi connectivity index (χ1n) is 6.91. The quantitative estimate of drug-likeness (QED) is 0.754. The van der Waals surface area contributed by atoms with Gasteiger partial charge in [0.25, 0.3) is 0 Å². The third-order valence-corrected chi connectivity index (χ3v) is 3.28. The molecule has 2 rings (SSSR count). The van der Waals surface area contributed by atoms with Crippen molar-refractivity contribution >= 4 is 0 Å². The number of nitrogens with one attached hydrogen (secondary N) is 2. The number of hydrogen-bond acceptors (Lipinski definition) is 3. The van der Waals surface area contributed by atoms with Gasteiger partial charge < -0.3 is 15.4 Å². The fourth-order valence-corrected chi connectivity index (χ4v) is 2.33. The minimum Gasteiger partial charge on any atom is -0.372 e. The van der Waals surface area contributed by atoms with Crippen molar-refractivity contribution in [1.29, 1.82) is 0 Å². The molecule has 0 amide bonds. The van der Waals surface area contributed by atoms with E-state index in [1.165, 1.54) is 11.1 Å². The van der Waals surface area contributed by atoms with Gasteiger partial charge in [0.15, 0.2) is 0 Å². The lowest BCUT2D eigenvalue weighted by molar-refractivity contribution is 0.0427. The van der Waals surface area contributed by atoms with Crippen LogP contribution in [0.3, 0.4) is 0 Å². The maximum atomic E-state index is 5.85. The Morgan fingerprint density at radius 1 is 1.28 bits per heavy atom. The van der Waals surface area contributed by atoms with Crippen molar-refractivity contribution < 1.29 is 4.74 Å². The average molecular weight is 248 g/mol. The Labute approximate surface area is 110 Å². The van der Waals surface area contributed by atoms with E-state index >= 15 is 0 Å². The van der Waals surface area contributed by atoms with Crippen LogP contribution in [0.1, 0.15) is 31.1 Å². The number of rotatable bonds is 6. The Morgan fingerprint density at radius 2 is 2.11 bits per heavy atom. The van der Waals surface area contributed by atoms with E-state index < -0.39 is 0 Å². The molecule has 2 N–H and O–H groups in total. The standard InChI is InChI=1S/C15H24N2O/c1-12(2)17-9-8-16-11-15-14-6-4-3-5-13(14)7-10-18-15/h3-6,12,15-17H,7-11H2,1-2H3. The fourth-order valence-electron chi connectivity index (χ4n) is 2.33. The predicted molar refractivity (Wildman–Crippen MR) is 74.8 cm³/mol. The molecule has 18 heavy (non-hydrogen) atoms. The van der Waals surface area contributed by atoms with Crippen LogP contribution in [-0.2, 0) is 11.2 Å². The van der Waals surface area contributed by atoms with Crippen molar-refractivity contribution in [3.05, 3.63) is 35.4 Å². The minimum absolute atomic E-state index is 0.217. The predicted octanol–water partition coefficient (Wildman–Crippen LogP) is 1.89. The van der Waals surface area contributed by atoms with E-state index in [0.717, 1.165) is 32.7 Å². The molecule has 0 bridgehead atoms. The average Bonchev–Trinajstić information content (AvgIpc) is 2.38. The van der Waals surface area contributed by atoms with Gasteiger partial charge in [-0.25, -0.2) is 0 Å². The third-order valence-electron chi connectivity index (χ3n) is 3.28. The summed E-state index contributed by atoms with van der Waals surface area (Å²) in [6, 6.07) is 9.17. The van der Waals surface area contributed by atoms with Crippen LogP contribution in [-0.4, -0.2) is 32.3 Å². The molecule has 0 fully saturated rings. The van der Waals surface area contributed by atoms with Gasteiger partial charge in [0.2, 0.25) is 0 Å². The van der Waals surface area contributed by atoms with E-state index in [-0.39, 0.29) is 6.10 Å². The summed E-state index contributed by atoms with van der Waals surface area (Å²) in [5, 5.41) is 6.86. The van der Waals surface area contributed by atoms with Gasteiger partial charge in [0, 0.05) is 25.7 Å². The lowest BCUT2D eigenvalue weighted by atomic mass is 9.97. The largest absolute Gasteiger partial charge is 0.372 e. The molecule has 1 aliphatic heterocycles. The van der Waals surface area contributed by atoms with E-state index in [2.05, 4.69) is 48.7 Å². The lowest BCUT2D eigenvalue weighted by Gasteiger charge is -2.26. The van der Waals surface area contributed by atoms with E-state index in [9.17, 15) is 0 Å². The molecule has 100 valence electrons. The van der Waals surface area contributed by atoms with Gasteiger partial charge in [0.05, 0.1) is 12.7 Å². The van der Waals surface area contributed by atoms with E-state index in [4.69, 9.17) is 4.74 Å². The maximum Gasteiger partial charge on any atom is 0.0952 e. The zero-order valence-corrected chi connectivity index (χ0v) is 11.4. The highest BCUT2D eigenvalue weighted by Crippen LogP contribution is 2.25. The van der Waals surface area contributed by atoms with Crippen molar-refractivity contribution in [2.45, 2.75) is 32.4 Å². The molecule has 0 aliphatic carbocycles. The number of ether oxygens (including phenoxy) is 1. The molecular formula is C15H24N2O. The Kier molecular flexibility index (Phi) is 5.17. The van der Waals surface area contributed by atoms with Gasteiger partial charge >= 0.3 is 0 Å². The molecule has 0 spiro atoms. The van der Waals surface area contributed by atoms with Gasteiger partial charge in [-0.05, 0) is 17.5 Å². The summed E-state index contributed by atoms with van der Waals surface area (Å²) < 4.78 is 5.85. The van der Waals surface area contributed by atoms with Crippen molar-refractivity contribution in [2.24, 2.45) is 0 Å². The molecule has 0 saturated heterocycles. The zero-order valence-electron chi connectivity index (χ0n) is 11.4. The van der Waals surface area contributed by atoms with Crippen LogP contribution < -0.4 is 10.6 Å². The first kappa shape index (κ1) is 13.5. The van der Waals surface area contributed by atoms with Crippen LogP contribution in [0.2, 0.25) is 0 Å². The van der Waals surface area contributed by atoms with Gasteiger partial charge in [-0.2, -0.15) is 0 Å². The van der Waals surface area contributed by atoms with Crippen LogP contribution in [0, 0.1) is 0 Å². The second-order valence-electron chi connectivity index (χ2n) is 5.12. The summed E-state index contributed by atoms with van der Waals surface area (Å²) in [4.78, 5) is 0. The van der Waals surface area contributed by atoms with Crippen LogP contribution >= 0.6 is 0 Å². The second-order valence-corrected chi connectivity index (χ2v) is 5.12. The molecule has 1 aliphatic rings. The monoisotopic (exact) mass is 248 g/mol. The van der Waals surface area contributed by atoms with E-state index in [1.807, 2.05) is 0 Å². The molecule has 0 aromatic heterocycles.